The fourth-order valence-electron chi connectivity index (χ4n) is 4.43. The van der Waals surface area contributed by atoms with Crippen molar-refractivity contribution in [3.05, 3.63) is 56.9 Å². The van der Waals surface area contributed by atoms with E-state index in [-0.39, 0.29) is 17.2 Å². The molecule has 1 aromatic carbocycles. The van der Waals surface area contributed by atoms with E-state index in [2.05, 4.69) is 10.1 Å². The van der Waals surface area contributed by atoms with Crippen LogP contribution >= 0.6 is 12.2 Å². The smallest absolute Gasteiger partial charge is 0.292 e. The molecule has 1 saturated heterocycles. The minimum absolute atomic E-state index is 0.0915. The van der Waals surface area contributed by atoms with Gasteiger partial charge in [-0.25, -0.2) is 4.68 Å². The van der Waals surface area contributed by atoms with Crippen molar-refractivity contribution in [1.29, 1.82) is 0 Å². The number of ether oxygens (including phenoxy) is 1. The van der Waals surface area contributed by atoms with Gasteiger partial charge < -0.3 is 14.2 Å². The number of carbonyl (C=O) groups excluding carboxylic acids is 1. The predicted molar refractivity (Wildman–Crippen MR) is 131 cm³/mol. The summed E-state index contributed by atoms with van der Waals surface area (Å²) in [4.78, 5) is 29.8. The molecule has 0 N–H and O–H groups in total. The summed E-state index contributed by atoms with van der Waals surface area (Å²) in [6, 6.07) is 9.10. The number of benzene rings is 1. The van der Waals surface area contributed by atoms with E-state index in [1.807, 2.05) is 28.7 Å². The Morgan fingerprint density at radius 1 is 1.20 bits per heavy atom. The Labute approximate surface area is 206 Å². The highest BCUT2D eigenvalue weighted by Crippen LogP contribution is 2.16. The molecular formula is C23H27N7O4S. The van der Waals surface area contributed by atoms with Gasteiger partial charge in [0.05, 0.1) is 23.3 Å². The summed E-state index contributed by atoms with van der Waals surface area (Å²) in [6.07, 6.45) is 0.685. The van der Waals surface area contributed by atoms with E-state index in [0.717, 1.165) is 5.52 Å². The highest BCUT2D eigenvalue weighted by molar-refractivity contribution is 7.71. The second kappa shape index (κ2) is 9.72. The third-order valence-corrected chi connectivity index (χ3v) is 6.64. The van der Waals surface area contributed by atoms with Gasteiger partial charge in [-0.05, 0) is 37.7 Å². The molecule has 0 spiro atoms. The van der Waals surface area contributed by atoms with Crippen molar-refractivity contribution in [3.8, 4) is 0 Å². The summed E-state index contributed by atoms with van der Waals surface area (Å²) in [5, 5.41) is 9.15. The van der Waals surface area contributed by atoms with Crippen molar-refractivity contribution in [2.24, 2.45) is 0 Å². The Morgan fingerprint density at radius 2 is 1.97 bits per heavy atom. The first-order valence-corrected chi connectivity index (χ1v) is 11.9. The van der Waals surface area contributed by atoms with Crippen LogP contribution in [0.1, 0.15) is 22.7 Å². The maximum atomic E-state index is 13.2. The molecule has 12 heteroatoms. The molecule has 1 amide bonds. The highest BCUT2D eigenvalue weighted by atomic mass is 32.1. The quantitative estimate of drug-likeness (QED) is 0.282. The lowest BCUT2D eigenvalue weighted by Crippen LogP contribution is -2.49. The van der Waals surface area contributed by atoms with Crippen LogP contribution in [0, 0.1) is 11.7 Å². The first-order chi connectivity index (χ1) is 17.0. The normalized spacial score (nSPS) is 14.9. The van der Waals surface area contributed by atoms with Crippen molar-refractivity contribution in [1.82, 2.24) is 33.7 Å². The zero-order valence-corrected chi connectivity index (χ0v) is 20.5. The number of aryl methyl sites for hydroxylation is 2. The van der Waals surface area contributed by atoms with Crippen molar-refractivity contribution in [2.45, 2.75) is 26.6 Å². The molecule has 35 heavy (non-hydrogen) atoms. The zero-order chi connectivity index (χ0) is 24.5. The fourth-order valence-corrected chi connectivity index (χ4v) is 4.71. The molecule has 1 aliphatic heterocycles. The van der Waals surface area contributed by atoms with Gasteiger partial charge in [0.2, 0.25) is 16.3 Å². The number of piperazine rings is 1. The van der Waals surface area contributed by atoms with Crippen molar-refractivity contribution < 1.29 is 14.1 Å². The van der Waals surface area contributed by atoms with Gasteiger partial charge in [0.25, 0.3) is 11.5 Å². The molecule has 184 valence electrons. The van der Waals surface area contributed by atoms with Gasteiger partial charge in [0.15, 0.2) is 0 Å². The van der Waals surface area contributed by atoms with Crippen LogP contribution in [-0.4, -0.2) is 79.5 Å². The number of hydrogen-bond acceptors (Lipinski definition) is 8. The SMILES string of the molecule is COCCCn1c(=O)c2ccccc2n2c(=S)n(CN3CCN(C(=O)c4cc(C)no4)CC3)nc12. The van der Waals surface area contributed by atoms with Gasteiger partial charge in [-0.2, -0.15) is 0 Å². The minimum Gasteiger partial charge on any atom is -0.385 e. The molecule has 4 heterocycles. The Kier molecular flexibility index (Phi) is 6.50. The first-order valence-electron chi connectivity index (χ1n) is 11.5. The maximum absolute atomic E-state index is 13.2. The van der Waals surface area contributed by atoms with E-state index in [9.17, 15) is 9.59 Å². The molecule has 0 atom stereocenters. The number of methoxy groups -OCH3 is 1. The molecule has 1 aliphatic rings. The van der Waals surface area contributed by atoms with Gasteiger partial charge in [-0.1, -0.05) is 17.3 Å². The number of aromatic nitrogens is 5. The molecule has 4 aromatic rings. The van der Waals surface area contributed by atoms with Crippen molar-refractivity contribution in [3.63, 3.8) is 0 Å². The van der Waals surface area contributed by atoms with Crippen LogP contribution in [0.4, 0.5) is 0 Å². The number of amides is 1. The molecule has 0 radical (unpaired) electrons. The average molecular weight is 498 g/mol. The summed E-state index contributed by atoms with van der Waals surface area (Å²) in [6.45, 7) is 5.72. The van der Waals surface area contributed by atoms with Gasteiger partial charge >= 0.3 is 0 Å². The van der Waals surface area contributed by atoms with E-state index < -0.39 is 0 Å². The number of nitrogens with zero attached hydrogens (tertiary/aromatic N) is 7. The third kappa shape index (κ3) is 4.40. The van der Waals surface area contributed by atoms with Crippen LogP contribution in [-0.2, 0) is 18.0 Å². The lowest BCUT2D eigenvalue weighted by Gasteiger charge is -2.33. The summed E-state index contributed by atoms with van der Waals surface area (Å²) in [7, 11) is 1.64. The zero-order valence-electron chi connectivity index (χ0n) is 19.7. The Balaban J connectivity index is 1.40. The second-order valence-electron chi connectivity index (χ2n) is 8.62. The minimum atomic E-state index is -0.152. The third-order valence-electron chi connectivity index (χ3n) is 6.25. The van der Waals surface area contributed by atoms with Crippen LogP contribution < -0.4 is 5.56 Å². The molecule has 5 rings (SSSR count). The van der Waals surface area contributed by atoms with E-state index in [0.29, 0.717) is 74.0 Å². The number of para-hydroxylation sites is 1. The number of rotatable bonds is 7. The molecule has 0 unspecified atom stereocenters. The largest absolute Gasteiger partial charge is 0.385 e. The van der Waals surface area contributed by atoms with Crippen molar-refractivity contribution >= 4 is 34.8 Å². The van der Waals surface area contributed by atoms with Gasteiger partial charge in [0.1, 0.15) is 0 Å². The summed E-state index contributed by atoms with van der Waals surface area (Å²) in [5.41, 5.74) is 1.33. The molecular weight excluding hydrogens is 470 g/mol. The lowest BCUT2D eigenvalue weighted by atomic mass is 10.2. The fraction of sp³-hybridized carbons (Fsp3) is 0.435. The lowest BCUT2D eigenvalue weighted by molar-refractivity contribution is 0.0548. The summed E-state index contributed by atoms with van der Waals surface area (Å²) in [5.74, 6) is 0.627. The van der Waals surface area contributed by atoms with E-state index >= 15 is 0 Å². The molecule has 1 fully saturated rings. The number of fused-ring (bicyclic) bond motifs is 3. The van der Waals surface area contributed by atoms with Crippen LogP contribution in [0.25, 0.3) is 16.7 Å². The monoisotopic (exact) mass is 497 g/mol. The topological polar surface area (TPSA) is 103 Å². The van der Waals surface area contributed by atoms with Crippen LogP contribution in [0.2, 0.25) is 0 Å². The maximum Gasteiger partial charge on any atom is 0.292 e. The average Bonchev–Trinajstić information content (AvgIpc) is 3.44. The van der Waals surface area contributed by atoms with Crippen molar-refractivity contribution in [2.75, 3.05) is 39.9 Å². The van der Waals surface area contributed by atoms with Crippen LogP contribution in [0.3, 0.4) is 0 Å². The standard InChI is InChI=1S/C23H27N7O4S/c1-16-14-19(34-25-16)21(32)27-11-9-26(10-12-27)15-29-23(35)30-18-7-4-3-6-17(18)20(31)28(22(30)24-29)8-5-13-33-2/h3-4,6-7,14H,5,8-13,15H2,1-2H3. The predicted octanol–water partition coefficient (Wildman–Crippen LogP) is 1.93. The van der Waals surface area contributed by atoms with Gasteiger partial charge in [-0.15, -0.1) is 5.10 Å². The summed E-state index contributed by atoms with van der Waals surface area (Å²) >= 11 is 5.80. The number of carbonyl (C=O) groups is 1. The molecule has 3 aromatic heterocycles. The molecule has 0 aliphatic carbocycles. The summed E-state index contributed by atoms with van der Waals surface area (Å²) < 4.78 is 16.1. The van der Waals surface area contributed by atoms with Crippen LogP contribution in [0.15, 0.2) is 39.6 Å². The molecule has 0 saturated carbocycles. The molecule has 11 nitrogen and oxygen atoms in total. The molecule has 0 bridgehead atoms. The first kappa shape index (κ1) is 23.4. The van der Waals surface area contributed by atoms with E-state index in [4.69, 9.17) is 26.6 Å². The number of hydrogen-bond donors (Lipinski definition) is 0. The van der Waals surface area contributed by atoms with Gasteiger partial charge in [-0.3, -0.25) is 23.5 Å². The van der Waals surface area contributed by atoms with E-state index in [1.165, 1.54) is 0 Å². The Hall–Kier alpha value is -3.35. The highest BCUT2D eigenvalue weighted by Gasteiger charge is 2.25. The van der Waals surface area contributed by atoms with E-state index in [1.54, 1.807) is 34.2 Å². The Bertz CT molecular complexity index is 1490. The van der Waals surface area contributed by atoms with Gasteiger partial charge in [0, 0.05) is 52.5 Å². The Morgan fingerprint density at radius 3 is 2.69 bits per heavy atom. The second-order valence-corrected chi connectivity index (χ2v) is 8.99. The van der Waals surface area contributed by atoms with Crippen LogP contribution in [0.5, 0.6) is 0 Å².